The Kier molecular flexibility index (Phi) is 4.98. The van der Waals surface area contributed by atoms with E-state index in [9.17, 15) is 9.59 Å². The van der Waals surface area contributed by atoms with Crippen LogP contribution in [0.2, 0.25) is 0 Å². The summed E-state index contributed by atoms with van der Waals surface area (Å²) in [6.07, 6.45) is 3.90. The molecule has 2 aromatic heterocycles. The first-order chi connectivity index (χ1) is 12.0. The highest BCUT2D eigenvalue weighted by atomic mass is 16.2. The average Bonchev–Trinajstić information content (AvgIpc) is 3.06. The fraction of sp³-hybridized carbons (Fsp3) is 0.529. The van der Waals surface area contributed by atoms with Crippen molar-refractivity contribution in [2.45, 2.75) is 25.4 Å². The van der Waals surface area contributed by atoms with Crippen molar-refractivity contribution in [1.29, 1.82) is 0 Å². The quantitative estimate of drug-likeness (QED) is 0.758. The van der Waals surface area contributed by atoms with Crippen molar-refractivity contribution in [1.82, 2.24) is 24.2 Å². The molecule has 8 heteroatoms. The van der Waals surface area contributed by atoms with Gasteiger partial charge in [0.1, 0.15) is 0 Å². The summed E-state index contributed by atoms with van der Waals surface area (Å²) in [5, 5.41) is 8.19. The zero-order valence-electron chi connectivity index (χ0n) is 14.9. The van der Waals surface area contributed by atoms with Crippen LogP contribution in [-0.2, 0) is 20.6 Å². The van der Waals surface area contributed by atoms with E-state index < -0.39 is 0 Å². The van der Waals surface area contributed by atoms with Gasteiger partial charge >= 0.3 is 5.69 Å². The summed E-state index contributed by atoms with van der Waals surface area (Å²) < 4.78 is 2.66. The highest BCUT2D eigenvalue weighted by molar-refractivity contribution is 5.39. The molecule has 25 heavy (non-hydrogen) atoms. The molecule has 0 unspecified atom stereocenters. The molecule has 134 valence electrons. The normalized spacial score (nSPS) is 17.4. The lowest BCUT2D eigenvalue weighted by Crippen LogP contribution is -2.42. The van der Waals surface area contributed by atoms with Crippen LogP contribution in [0.3, 0.4) is 0 Å². The summed E-state index contributed by atoms with van der Waals surface area (Å²) >= 11 is 0. The number of anilines is 1. The molecule has 1 saturated heterocycles. The lowest BCUT2D eigenvalue weighted by atomic mass is 10.2. The second kappa shape index (κ2) is 7.18. The van der Waals surface area contributed by atoms with Crippen molar-refractivity contribution in [2.75, 3.05) is 25.0 Å². The van der Waals surface area contributed by atoms with E-state index in [4.69, 9.17) is 0 Å². The van der Waals surface area contributed by atoms with Crippen molar-refractivity contribution >= 4 is 5.82 Å². The van der Waals surface area contributed by atoms with E-state index in [0.29, 0.717) is 12.6 Å². The zero-order valence-corrected chi connectivity index (χ0v) is 14.9. The number of likely N-dealkylation sites (N-methyl/N-ethyl adjacent to an activating group) is 1. The summed E-state index contributed by atoms with van der Waals surface area (Å²) in [6, 6.07) is 5.77. The van der Waals surface area contributed by atoms with E-state index in [2.05, 4.69) is 20.0 Å². The van der Waals surface area contributed by atoms with Crippen LogP contribution >= 0.6 is 0 Å². The summed E-state index contributed by atoms with van der Waals surface area (Å²) in [5.74, 6) is 0.902. The maximum atomic E-state index is 12.1. The van der Waals surface area contributed by atoms with Gasteiger partial charge in [-0.1, -0.05) is 0 Å². The third-order valence-electron chi connectivity index (χ3n) is 4.81. The standard InChI is InChI=1S/C17H24N6O2/c1-20(12-14-10-16(24)22(3)17(25)21(14)2)11-13-6-5-9-23(13)15-7-4-8-18-19-15/h4,7-8,10,13H,5-6,9,11-12H2,1-3H3/t13-/m1/s1. The lowest BCUT2D eigenvalue weighted by Gasteiger charge is -2.29. The SMILES string of the molecule is CN(Cc1cc(=O)n(C)c(=O)n1C)C[C@H]1CCCN1c1cccnn1. The third kappa shape index (κ3) is 3.63. The van der Waals surface area contributed by atoms with Gasteiger partial charge in [0.2, 0.25) is 0 Å². The van der Waals surface area contributed by atoms with Crippen LogP contribution in [0.25, 0.3) is 0 Å². The number of hydrogen-bond donors (Lipinski definition) is 0. The number of hydrogen-bond acceptors (Lipinski definition) is 6. The maximum Gasteiger partial charge on any atom is 0.330 e. The van der Waals surface area contributed by atoms with Gasteiger partial charge in [0.15, 0.2) is 5.82 Å². The molecule has 1 aliphatic heterocycles. The number of aromatic nitrogens is 4. The van der Waals surface area contributed by atoms with E-state index in [1.807, 2.05) is 19.2 Å². The van der Waals surface area contributed by atoms with Crippen molar-refractivity contribution < 1.29 is 0 Å². The molecule has 0 aliphatic carbocycles. The topological polar surface area (TPSA) is 76.3 Å². The van der Waals surface area contributed by atoms with Crippen LogP contribution in [0.1, 0.15) is 18.5 Å². The van der Waals surface area contributed by atoms with Gasteiger partial charge in [0.25, 0.3) is 5.56 Å². The lowest BCUT2D eigenvalue weighted by molar-refractivity contribution is 0.294. The Morgan fingerprint density at radius 2 is 2.08 bits per heavy atom. The van der Waals surface area contributed by atoms with E-state index in [1.165, 1.54) is 17.7 Å². The van der Waals surface area contributed by atoms with Gasteiger partial charge in [-0.15, -0.1) is 5.10 Å². The maximum absolute atomic E-state index is 12.1. The highest BCUT2D eigenvalue weighted by Crippen LogP contribution is 2.23. The predicted molar refractivity (Wildman–Crippen MR) is 95.7 cm³/mol. The number of rotatable bonds is 5. The Labute approximate surface area is 146 Å². The van der Waals surface area contributed by atoms with Crippen molar-refractivity contribution in [3.63, 3.8) is 0 Å². The Morgan fingerprint density at radius 1 is 1.28 bits per heavy atom. The molecule has 3 rings (SSSR count). The van der Waals surface area contributed by atoms with E-state index in [-0.39, 0.29) is 11.2 Å². The Bertz CT molecular complexity index is 844. The zero-order chi connectivity index (χ0) is 18.0. The molecule has 0 spiro atoms. The molecule has 1 fully saturated rings. The second-order valence-corrected chi connectivity index (χ2v) is 6.64. The fourth-order valence-electron chi connectivity index (χ4n) is 3.40. The second-order valence-electron chi connectivity index (χ2n) is 6.64. The van der Waals surface area contributed by atoms with Gasteiger partial charge in [0.05, 0.1) is 0 Å². The van der Waals surface area contributed by atoms with Gasteiger partial charge in [-0.2, -0.15) is 5.10 Å². The first-order valence-electron chi connectivity index (χ1n) is 8.46. The van der Waals surface area contributed by atoms with Crippen LogP contribution in [-0.4, -0.2) is 50.4 Å². The fourth-order valence-corrected chi connectivity index (χ4v) is 3.40. The molecule has 0 amide bonds. The van der Waals surface area contributed by atoms with E-state index in [1.54, 1.807) is 13.2 Å². The smallest absolute Gasteiger partial charge is 0.330 e. The molecule has 0 N–H and O–H groups in total. The minimum atomic E-state index is -0.294. The summed E-state index contributed by atoms with van der Waals surface area (Å²) in [5.41, 5.74) is 0.158. The monoisotopic (exact) mass is 344 g/mol. The summed E-state index contributed by atoms with van der Waals surface area (Å²) in [7, 11) is 5.21. The van der Waals surface area contributed by atoms with Crippen LogP contribution in [0, 0.1) is 0 Å². The minimum Gasteiger partial charge on any atom is -0.351 e. The van der Waals surface area contributed by atoms with Gasteiger partial charge in [-0.3, -0.25) is 18.8 Å². The molecule has 0 bridgehead atoms. The van der Waals surface area contributed by atoms with Gasteiger partial charge in [-0.05, 0) is 32.0 Å². The highest BCUT2D eigenvalue weighted by Gasteiger charge is 2.27. The molecule has 2 aromatic rings. The molecular weight excluding hydrogens is 320 g/mol. The Balaban J connectivity index is 1.72. The molecule has 1 aliphatic rings. The van der Waals surface area contributed by atoms with Gasteiger partial charge in [-0.25, -0.2) is 4.79 Å². The first-order valence-corrected chi connectivity index (χ1v) is 8.46. The summed E-state index contributed by atoms with van der Waals surface area (Å²) in [4.78, 5) is 28.4. The largest absolute Gasteiger partial charge is 0.351 e. The molecule has 0 saturated carbocycles. The Morgan fingerprint density at radius 3 is 2.80 bits per heavy atom. The molecule has 1 atom stereocenters. The van der Waals surface area contributed by atoms with Crippen LogP contribution < -0.4 is 16.1 Å². The number of nitrogens with zero attached hydrogens (tertiary/aromatic N) is 6. The van der Waals surface area contributed by atoms with Crippen LogP contribution in [0.5, 0.6) is 0 Å². The molecule has 0 aromatic carbocycles. The molecule has 3 heterocycles. The van der Waals surface area contributed by atoms with Crippen LogP contribution in [0.4, 0.5) is 5.82 Å². The van der Waals surface area contributed by atoms with Gasteiger partial charge < -0.3 is 4.90 Å². The van der Waals surface area contributed by atoms with E-state index in [0.717, 1.165) is 42.0 Å². The van der Waals surface area contributed by atoms with Crippen molar-refractivity contribution in [2.24, 2.45) is 14.1 Å². The van der Waals surface area contributed by atoms with Crippen molar-refractivity contribution in [3.05, 3.63) is 50.9 Å². The van der Waals surface area contributed by atoms with E-state index >= 15 is 0 Å². The minimum absolute atomic E-state index is 0.270. The van der Waals surface area contributed by atoms with Gasteiger partial charge in [0, 0.05) is 57.7 Å². The van der Waals surface area contributed by atoms with Crippen molar-refractivity contribution in [3.8, 4) is 0 Å². The molecule has 0 radical (unpaired) electrons. The third-order valence-corrected chi connectivity index (χ3v) is 4.81. The first kappa shape index (κ1) is 17.3. The summed E-state index contributed by atoms with van der Waals surface area (Å²) in [6.45, 7) is 2.36. The average molecular weight is 344 g/mol. The van der Waals surface area contributed by atoms with Crippen LogP contribution in [0.15, 0.2) is 34.0 Å². The molecular formula is C17H24N6O2. The predicted octanol–water partition coefficient (Wildman–Crippen LogP) is -0.0252. The molecule has 8 nitrogen and oxygen atoms in total. The Hall–Kier alpha value is -2.48.